The van der Waals surface area contributed by atoms with Crippen molar-refractivity contribution < 1.29 is 4.79 Å². The summed E-state index contributed by atoms with van der Waals surface area (Å²) in [6, 6.07) is 12.6. The highest BCUT2D eigenvalue weighted by Gasteiger charge is 2.61. The predicted octanol–water partition coefficient (Wildman–Crippen LogP) is 3.79. The first-order valence-corrected chi connectivity index (χ1v) is 10.7. The number of rotatable bonds is 3. The molecule has 0 radical (unpaired) electrons. The van der Waals surface area contributed by atoms with Crippen LogP contribution in [0.2, 0.25) is 0 Å². The number of nitriles is 1. The third-order valence-electron chi connectivity index (χ3n) is 7.10. The lowest BCUT2D eigenvalue weighted by atomic mass is 9.75. The van der Waals surface area contributed by atoms with Crippen molar-refractivity contribution in [3.63, 3.8) is 0 Å². The minimum absolute atomic E-state index is 0.00753. The first-order chi connectivity index (χ1) is 15.0. The van der Waals surface area contributed by atoms with E-state index in [9.17, 15) is 10.1 Å². The second-order valence-corrected chi connectivity index (χ2v) is 8.89. The lowest BCUT2D eigenvalue weighted by Gasteiger charge is -2.23. The monoisotopic (exact) mass is 410 g/mol. The Morgan fingerprint density at radius 3 is 2.74 bits per heavy atom. The van der Waals surface area contributed by atoms with Crippen molar-refractivity contribution in [2.75, 3.05) is 11.4 Å². The van der Waals surface area contributed by atoms with Gasteiger partial charge >= 0.3 is 0 Å². The maximum Gasteiger partial charge on any atom is 0.248 e. The van der Waals surface area contributed by atoms with E-state index in [4.69, 9.17) is 0 Å². The summed E-state index contributed by atoms with van der Waals surface area (Å²) in [5.41, 5.74) is 3.98. The summed E-state index contributed by atoms with van der Waals surface area (Å²) >= 11 is 0. The van der Waals surface area contributed by atoms with Gasteiger partial charge in [-0.1, -0.05) is 13.0 Å². The Morgan fingerprint density at radius 1 is 1.13 bits per heavy atom. The van der Waals surface area contributed by atoms with E-state index in [1.165, 1.54) is 0 Å². The number of nitrogens with zero attached hydrogens (tertiary/aromatic N) is 6. The molecule has 0 unspecified atom stereocenters. The number of amides is 1. The summed E-state index contributed by atoms with van der Waals surface area (Å²) in [4.78, 5) is 15.3. The molecule has 7 heteroatoms. The van der Waals surface area contributed by atoms with Crippen molar-refractivity contribution in [3.05, 3.63) is 48.9 Å². The molecule has 0 N–H and O–H groups in total. The molecule has 4 heterocycles. The van der Waals surface area contributed by atoms with Gasteiger partial charge in [0, 0.05) is 42.9 Å². The highest BCUT2D eigenvalue weighted by Crippen LogP contribution is 2.54. The molecule has 3 aromatic heterocycles. The number of hydrogen-bond donors (Lipinski definition) is 0. The zero-order chi connectivity index (χ0) is 21.3. The Hall–Kier alpha value is -3.66. The number of aryl methyl sites for hydroxylation is 1. The number of anilines is 1. The van der Waals surface area contributed by atoms with E-state index in [0.29, 0.717) is 6.54 Å². The van der Waals surface area contributed by atoms with Crippen molar-refractivity contribution >= 4 is 28.0 Å². The summed E-state index contributed by atoms with van der Waals surface area (Å²) in [6.45, 7) is 2.59. The molecule has 31 heavy (non-hydrogen) atoms. The van der Waals surface area contributed by atoms with Crippen LogP contribution >= 0.6 is 0 Å². The predicted molar refractivity (Wildman–Crippen MR) is 117 cm³/mol. The van der Waals surface area contributed by atoms with E-state index in [1.54, 1.807) is 11.1 Å². The summed E-state index contributed by atoms with van der Waals surface area (Å²) in [5.74, 6) is 0.141. The molecule has 2 atom stereocenters. The average molecular weight is 410 g/mol. The second-order valence-electron chi connectivity index (χ2n) is 8.89. The summed E-state index contributed by atoms with van der Waals surface area (Å²) in [7, 11) is 1.93. The van der Waals surface area contributed by atoms with Crippen molar-refractivity contribution in [3.8, 4) is 17.2 Å². The summed E-state index contributed by atoms with van der Waals surface area (Å²) in [6.07, 6.45) is 7.50. The Bertz CT molecular complexity index is 1400. The summed E-state index contributed by atoms with van der Waals surface area (Å²) < 4.78 is 3.68. The van der Waals surface area contributed by atoms with Crippen LogP contribution < -0.4 is 4.90 Å². The molecule has 1 saturated heterocycles. The number of fused-ring (bicyclic) bond motifs is 2. The topological polar surface area (TPSA) is 79.2 Å². The van der Waals surface area contributed by atoms with Crippen LogP contribution in [0, 0.1) is 28.6 Å². The van der Waals surface area contributed by atoms with Crippen LogP contribution in [0.15, 0.2) is 48.9 Å². The van der Waals surface area contributed by atoms with E-state index in [2.05, 4.69) is 40.5 Å². The van der Waals surface area contributed by atoms with Gasteiger partial charge in [0.05, 0.1) is 29.0 Å². The lowest BCUT2D eigenvalue weighted by Crippen LogP contribution is -2.37. The number of carbonyl (C=O) groups excluding carboxylic acids is 1. The van der Waals surface area contributed by atoms with Crippen LogP contribution in [0.1, 0.15) is 19.8 Å². The Balaban J connectivity index is 1.44. The van der Waals surface area contributed by atoms with Gasteiger partial charge in [0.1, 0.15) is 5.41 Å². The van der Waals surface area contributed by atoms with E-state index >= 15 is 0 Å². The van der Waals surface area contributed by atoms with Gasteiger partial charge < -0.3 is 4.90 Å². The lowest BCUT2D eigenvalue weighted by molar-refractivity contribution is -0.124. The van der Waals surface area contributed by atoms with Gasteiger partial charge in [-0.2, -0.15) is 15.5 Å². The van der Waals surface area contributed by atoms with Crippen LogP contribution in [0.4, 0.5) is 5.69 Å². The second kappa shape index (κ2) is 6.17. The SMILES string of the molecule is C[C@@H]1CN(c2ccnn3cc(-c4ccc5c(cnn5C)c4)cc23)C(=O)[C@]1(C#N)C1CC1. The molecule has 154 valence electrons. The van der Waals surface area contributed by atoms with Crippen LogP contribution in [0.5, 0.6) is 0 Å². The Morgan fingerprint density at radius 2 is 1.97 bits per heavy atom. The molecule has 2 aliphatic rings. The van der Waals surface area contributed by atoms with Gasteiger partial charge in [0.15, 0.2) is 0 Å². The van der Waals surface area contributed by atoms with Gasteiger partial charge in [-0.15, -0.1) is 0 Å². The van der Waals surface area contributed by atoms with Crippen molar-refractivity contribution in [2.45, 2.75) is 19.8 Å². The molecule has 1 saturated carbocycles. The fourth-order valence-electron chi connectivity index (χ4n) is 5.24. The number of benzene rings is 1. The third kappa shape index (κ3) is 2.42. The van der Waals surface area contributed by atoms with E-state index in [-0.39, 0.29) is 17.7 Å². The van der Waals surface area contributed by atoms with E-state index in [0.717, 1.165) is 46.1 Å². The van der Waals surface area contributed by atoms with Crippen molar-refractivity contribution in [2.24, 2.45) is 24.3 Å². The molecule has 1 aliphatic carbocycles. The summed E-state index contributed by atoms with van der Waals surface area (Å²) in [5, 5.41) is 19.8. The van der Waals surface area contributed by atoms with Crippen LogP contribution in [0.3, 0.4) is 0 Å². The highest BCUT2D eigenvalue weighted by atomic mass is 16.2. The van der Waals surface area contributed by atoms with Crippen LogP contribution in [0.25, 0.3) is 27.5 Å². The van der Waals surface area contributed by atoms with Crippen LogP contribution in [-0.2, 0) is 11.8 Å². The van der Waals surface area contributed by atoms with Gasteiger partial charge in [0.25, 0.3) is 0 Å². The molecular weight excluding hydrogens is 388 g/mol. The van der Waals surface area contributed by atoms with Gasteiger partial charge in [0.2, 0.25) is 5.91 Å². The van der Waals surface area contributed by atoms with Crippen LogP contribution in [-0.4, -0.2) is 31.8 Å². The number of carbonyl (C=O) groups is 1. The zero-order valence-corrected chi connectivity index (χ0v) is 17.5. The molecular formula is C24H22N6O. The standard InChI is InChI=1S/C24H22N6O/c1-15-12-29(23(31)24(15,14-25)19-4-5-19)21-7-8-26-30-13-18(10-22(21)30)16-3-6-20-17(9-16)11-27-28(20)2/h3,6-11,13,15,19H,4-5,12H2,1-2H3/t15-,24+/m1/s1. The first-order valence-electron chi connectivity index (χ1n) is 10.7. The minimum atomic E-state index is -0.888. The molecule has 4 aromatic rings. The fourth-order valence-corrected chi connectivity index (χ4v) is 5.24. The Kier molecular flexibility index (Phi) is 3.61. The number of hydrogen-bond acceptors (Lipinski definition) is 4. The first kappa shape index (κ1) is 18.1. The quantitative estimate of drug-likeness (QED) is 0.515. The van der Waals surface area contributed by atoms with Gasteiger partial charge in [-0.3, -0.25) is 9.48 Å². The van der Waals surface area contributed by atoms with E-state index < -0.39 is 5.41 Å². The van der Waals surface area contributed by atoms with E-state index in [1.807, 2.05) is 41.6 Å². The molecule has 2 fully saturated rings. The normalized spacial score (nSPS) is 23.7. The van der Waals surface area contributed by atoms with Crippen molar-refractivity contribution in [1.82, 2.24) is 19.4 Å². The average Bonchev–Trinajstić information content (AvgIpc) is 3.33. The maximum absolute atomic E-state index is 13.5. The number of aromatic nitrogens is 4. The minimum Gasteiger partial charge on any atom is -0.309 e. The molecule has 7 nitrogen and oxygen atoms in total. The van der Waals surface area contributed by atoms with Crippen molar-refractivity contribution in [1.29, 1.82) is 5.26 Å². The van der Waals surface area contributed by atoms with Gasteiger partial charge in [-0.25, -0.2) is 4.52 Å². The highest BCUT2D eigenvalue weighted by molar-refractivity contribution is 6.05. The van der Waals surface area contributed by atoms with Gasteiger partial charge in [-0.05, 0) is 48.6 Å². The smallest absolute Gasteiger partial charge is 0.248 e. The molecule has 6 rings (SSSR count). The molecule has 1 aromatic carbocycles. The molecule has 0 spiro atoms. The fraction of sp³-hybridized carbons (Fsp3) is 0.333. The third-order valence-corrected chi connectivity index (χ3v) is 7.10. The molecule has 1 amide bonds. The zero-order valence-electron chi connectivity index (χ0n) is 17.5. The molecule has 0 bridgehead atoms. The maximum atomic E-state index is 13.5. The largest absolute Gasteiger partial charge is 0.309 e. The Labute approximate surface area is 179 Å². The molecule has 1 aliphatic heterocycles.